The first-order valence-electron chi connectivity index (χ1n) is 7.04. The van der Waals surface area contributed by atoms with Crippen molar-refractivity contribution in [2.45, 2.75) is 6.54 Å². The molecule has 0 atom stereocenters. The van der Waals surface area contributed by atoms with Crippen molar-refractivity contribution in [3.05, 3.63) is 77.1 Å². The molecule has 1 aromatic heterocycles. The van der Waals surface area contributed by atoms with Gasteiger partial charge in [0.2, 0.25) is 6.54 Å². The van der Waals surface area contributed by atoms with Crippen LogP contribution in [0.5, 0.6) is 0 Å². The summed E-state index contributed by atoms with van der Waals surface area (Å²) in [4.78, 5) is 22.2. The summed E-state index contributed by atoms with van der Waals surface area (Å²) in [7, 11) is 0. The second-order valence-corrected chi connectivity index (χ2v) is 5.10. The number of fused-ring (bicyclic) bond motifs is 1. The van der Waals surface area contributed by atoms with Gasteiger partial charge in [0.1, 0.15) is 0 Å². The van der Waals surface area contributed by atoms with E-state index in [1.54, 1.807) is 4.57 Å². The summed E-state index contributed by atoms with van der Waals surface area (Å²) in [5.74, 6) is -0.195. The molecule has 114 valence electrons. The van der Waals surface area contributed by atoms with Crippen LogP contribution in [-0.4, -0.2) is 10.8 Å². The highest BCUT2D eigenvalue weighted by molar-refractivity contribution is 5.89. The Bertz CT molecular complexity index is 876. The van der Waals surface area contributed by atoms with Gasteiger partial charge in [-0.15, -0.1) is 0 Å². The number of nitro groups is 1. The Morgan fingerprint density at radius 2 is 1.74 bits per heavy atom. The number of nitrogens with one attached hydrogen (secondary N) is 1. The fourth-order valence-corrected chi connectivity index (χ4v) is 2.31. The van der Waals surface area contributed by atoms with Crippen molar-refractivity contribution >= 4 is 28.1 Å². The van der Waals surface area contributed by atoms with Crippen LogP contribution in [0.15, 0.2) is 67.0 Å². The highest BCUT2D eigenvalue weighted by Crippen LogP contribution is 2.15. The zero-order valence-corrected chi connectivity index (χ0v) is 12.2. The maximum Gasteiger partial charge on any atom is 0.290 e. The van der Waals surface area contributed by atoms with Gasteiger partial charge in [0, 0.05) is 29.3 Å². The van der Waals surface area contributed by atoms with Gasteiger partial charge in [-0.1, -0.05) is 18.2 Å². The molecule has 3 rings (SSSR count). The third kappa shape index (κ3) is 3.49. The topological polar surface area (TPSA) is 76.1 Å². The van der Waals surface area contributed by atoms with E-state index in [1.165, 1.54) is 24.3 Å². The van der Waals surface area contributed by atoms with Crippen molar-refractivity contribution in [2.24, 2.45) is 0 Å². The second-order valence-electron chi connectivity index (χ2n) is 5.10. The second kappa shape index (κ2) is 6.23. The number of non-ortho nitro benzene ring substituents is 1. The van der Waals surface area contributed by atoms with Crippen molar-refractivity contribution in [3.8, 4) is 0 Å². The number of benzene rings is 2. The molecular formula is C17H14N3O3+. The minimum Gasteiger partial charge on any atom is -0.321 e. The molecule has 0 saturated heterocycles. The van der Waals surface area contributed by atoms with E-state index in [0.29, 0.717) is 5.69 Å². The summed E-state index contributed by atoms with van der Waals surface area (Å²) in [6, 6.07) is 15.6. The van der Waals surface area contributed by atoms with Crippen molar-refractivity contribution in [1.29, 1.82) is 0 Å². The number of carbonyl (C=O) groups excluding carboxylic acids is 1. The third-order valence-corrected chi connectivity index (χ3v) is 3.43. The SMILES string of the molecule is O=C(C[n+]1ccc2ccccc2c1)Nc1ccc([N+](=O)[O-])cc1. The quantitative estimate of drug-likeness (QED) is 0.457. The lowest BCUT2D eigenvalue weighted by molar-refractivity contribution is -0.682. The van der Waals surface area contributed by atoms with Gasteiger partial charge in [-0.05, 0) is 23.6 Å². The summed E-state index contributed by atoms with van der Waals surface area (Å²) in [6.07, 6.45) is 3.75. The molecule has 0 aliphatic carbocycles. The maximum atomic E-state index is 12.1. The summed E-state index contributed by atoms with van der Waals surface area (Å²) >= 11 is 0. The molecule has 2 aromatic carbocycles. The van der Waals surface area contributed by atoms with E-state index >= 15 is 0 Å². The first kappa shape index (κ1) is 14.6. The first-order chi connectivity index (χ1) is 11.1. The molecule has 1 N–H and O–H groups in total. The van der Waals surface area contributed by atoms with E-state index in [1.807, 2.05) is 42.7 Å². The Labute approximate surface area is 132 Å². The molecule has 1 amide bonds. The normalized spacial score (nSPS) is 10.4. The number of anilines is 1. The van der Waals surface area contributed by atoms with Crippen LogP contribution >= 0.6 is 0 Å². The number of hydrogen-bond acceptors (Lipinski definition) is 3. The summed E-state index contributed by atoms with van der Waals surface area (Å²) in [5, 5.41) is 15.5. The van der Waals surface area contributed by atoms with Gasteiger partial charge in [-0.2, -0.15) is 4.57 Å². The standard InChI is InChI=1S/C17H13N3O3/c21-17(18-15-5-7-16(8-6-15)20(22)23)12-19-10-9-13-3-1-2-4-14(13)11-19/h1-11H,12H2/p+1. The highest BCUT2D eigenvalue weighted by atomic mass is 16.6. The van der Waals surface area contributed by atoms with Crippen LogP contribution in [-0.2, 0) is 11.3 Å². The highest BCUT2D eigenvalue weighted by Gasteiger charge is 2.11. The summed E-state index contributed by atoms with van der Waals surface area (Å²) in [5.41, 5.74) is 0.522. The number of hydrogen-bond donors (Lipinski definition) is 1. The van der Waals surface area contributed by atoms with Gasteiger partial charge in [0.25, 0.3) is 11.6 Å². The van der Waals surface area contributed by atoms with Gasteiger partial charge < -0.3 is 5.32 Å². The Morgan fingerprint density at radius 1 is 1.04 bits per heavy atom. The molecule has 0 fully saturated rings. The molecule has 3 aromatic rings. The molecule has 23 heavy (non-hydrogen) atoms. The van der Waals surface area contributed by atoms with Gasteiger partial charge >= 0.3 is 0 Å². The van der Waals surface area contributed by atoms with Crippen LogP contribution in [0, 0.1) is 10.1 Å². The average Bonchev–Trinajstić information content (AvgIpc) is 2.55. The molecule has 0 radical (unpaired) electrons. The molecule has 0 bridgehead atoms. The van der Waals surface area contributed by atoms with Crippen LogP contribution in [0.4, 0.5) is 11.4 Å². The largest absolute Gasteiger partial charge is 0.321 e. The van der Waals surface area contributed by atoms with Crippen LogP contribution in [0.3, 0.4) is 0 Å². The number of pyridine rings is 1. The van der Waals surface area contributed by atoms with Crippen molar-refractivity contribution in [1.82, 2.24) is 0 Å². The van der Waals surface area contributed by atoms with Crippen LogP contribution in [0.1, 0.15) is 0 Å². The van der Waals surface area contributed by atoms with E-state index in [4.69, 9.17) is 0 Å². The molecule has 0 aliphatic rings. The Kier molecular flexibility index (Phi) is 3.97. The monoisotopic (exact) mass is 308 g/mol. The third-order valence-electron chi connectivity index (χ3n) is 3.43. The number of rotatable bonds is 4. The molecule has 1 heterocycles. The van der Waals surface area contributed by atoms with E-state index in [2.05, 4.69) is 5.32 Å². The van der Waals surface area contributed by atoms with E-state index in [9.17, 15) is 14.9 Å². The maximum absolute atomic E-state index is 12.1. The fourth-order valence-electron chi connectivity index (χ4n) is 2.31. The van der Waals surface area contributed by atoms with Gasteiger partial charge in [-0.3, -0.25) is 14.9 Å². The lowest BCUT2D eigenvalue weighted by Crippen LogP contribution is -2.39. The number of nitrogens with zero attached hydrogens (tertiary/aromatic N) is 2. The van der Waals surface area contributed by atoms with Crippen molar-refractivity contribution in [2.75, 3.05) is 5.32 Å². The molecule has 6 heteroatoms. The number of aromatic nitrogens is 1. The molecule has 0 spiro atoms. The minimum atomic E-state index is -0.476. The predicted octanol–water partition coefficient (Wildman–Crippen LogP) is 2.67. The Morgan fingerprint density at radius 3 is 2.43 bits per heavy atom. The molecule has 0 saturated carbocycles. The predicted molar refractivity (Wildman–Crippen MR) is 85.9 cm³/mol. The van der Waals surface area contributed by atoms with Gasteiger partial charge in [-0.25, -0.2) is 0 Å². The zero-order valence-electron chi connectivity index (χ0n) is 12.2. The average molecular weight is 308 g/mol. The lowest BCUT2D eigenvalue weighted by Gasteiger charge is -2.03. The number of amides is 1. The zero-order chi connectivity index (χ0) is 16.2. The van der Waals surface area contributed by atoms with Gasteiger partial charge in [0.05, 0.1) is 4.92 Å². The first-order valence-corrected chi connectivity index (χ1v) is 7.04. The molecular weight excluding hydrogens is 294 g/mol. The van der Waals surface area contributed by atoms with E-state index < -0.39 is 4.92 Å². The summed E-state index contributed by atoms with van der Waals surface area (Å²) in [6.45, 7) is 0.168. The van der Waals surface area contributed by atoms with Crippen molar-refractivity contribution in [3.63, 3.8) is 0 Å². The Balaban J connectivity index is 1.69. The van der Waals surface area contributed by atoms with E-state index in [0.717, 1.165) is 10.8 Å². The number of carbonyl (C=O) groups is 1. The van der Waals surface area contributed by atoms with Crippen molar-refractivity contribution < 1.29 is 14.3 Å². The lowest BCUT2D eigenvalue weighted by atomic mass is 10.2. The van der Waals surface area contributed by atoms with Gasteiger partial charge in [0.15, 0.2) is 12.4 Å². The van der Waals surface area contributed by atoms with Crippen LogP contribution < -0.4 is 9.88 Å². The molecule has 6 nitrogen and oxygen atoms in total. The minimum absolute atomic E-state index is 0.00750. The summed E-state index contributed by atoms with van der Waals surface area (Å²) < 4.78 is 1.79. The Hall–Kier alpha value is -3.28. The van der Waals surface area contributed by atoms with Crippen LogP contribution in [0.2, 0.25) is 0 Å². The number of nitro benzene ring substituents is 1. The van der Waals surface area contributed by atoms with Crippen LogP contribution in [0.25, 0.3) is 10.8 Å². The fraction of sp³-hybridized carbons (Fsp3) is 0.0588. The smallest absolute Gasteiger partial charge is 0.290 e. The molecule has 0 aliphatic heterocycles. The van der Waals surface area contributed by atoms with E-state index in [-0.39, 0.29) is 18.1 Å². The molecule has 0 unspecified atom stereocenters.